The zero-order valence-electron chi connectivity index (χ0n) is 12.9. The van der Waals surface area contributed by atoms with Gasteiger partial charge in [0.25, 0.3) is 0 Å². The number of ether oxygens (including phenoxy) is 1. The van der Waals surface area contributed by atoms with E-state index >= 15 is 0 Å². The van der Waals surface area contributed by atoms with Gasteiger partial charge in [0.1, 0.15) is 6.61 Å². The van der Waals surface area contributed by atoms with Crippen molar-refractivity contribution in [3.05, 3.63) is 71.8 Å². The van der Waals surface area contributed by atoms with Crippen molar-refractivity contribution in [3.63, 3.8) is 0 Å². The average molecular weight is 299 g/mol. The Labute approximate surface area is 130 Å². The van der Waals surface area contributed by atoms with Gasteiger partial charge in [-0.3, -0.25) is 4.79 Å². The lowest BCUT2D eigenvalue weighted by Gasteiger charge is -2.04. The highest BCUT2D eigenvalue weighted by atomic mass is 16.5. The minimum Gasteiger partial charge on any atom is -0.457 e. The second-order valence-electron chi connectivity index (χ2n) is 4.98. The molecule has 2 N–H and O–H groups in total. The number of hydrogen-bond acceptors (Lipinski definition) is 3. The molecule has 4 nitrogen and oxygen atoms in total. The molecule has 116 valence electrons. The third kappa shape index (κ3) is 6.70. The van der Waals surface area contributed by atoms with Crippen LogP contribution in [0.5, 0.6) is 0 Å². The van der Waals surface area contributed by atoms with Crippen LogP contribution < -0.4 is 5.73 Å². The summed E-state index contributed by atoms with van der Waals surface area (Å²) in [5.41, 5.74) is 6.37. The Morgan fingerprint density at radius 1 is 0.955 bits per heavy atom. The monoisotopic (exact) mass is 299 g/mol. The zero-order chi connectivity index (χ0) is 16.4. The van der Waals surface area contributed by atoms with Crippen LogP contribution in [0.4, 0.5) is 0 Å². The molecule has 0 spiro atoms. The molecule has 0 aliphatic heterocycles. The number of esters is 1. The van der Waals surface area contributed by atoms with E-state index in [1.807, 2.05) is 48.5 Å². The first-order chi connectivity index (χ1) is 10.5. The molecule has 2 aromatic carbocycles. The molecule has 0 aromatic heterocycles. The van der Waals surface area contributed by atoms with Gasteiger partial charge in [0.15, 0.2) is 0 Å². The highest BCUT2D eigenvalue weighted by Crippen LogP contribution is 2.05. The lowest BCUT2D eigenvalue weighted by atomic mass is 10.2. The van der Waals surface area contributed by atoms with Crippen LogP contribution in [0.25, 0.3) is 0 Å². The van der Waals surface area contributed by atoms with Gasteiger partial charge in [0.2, 0.25) is 5.91 Å². The lowest BCUT2D eigenvalue weighted by molar-refractivity contribution is -0.120. The number of carbonyl (C=O) groups excluding carboxylic acids is 2. The minimum atomic E-state index is -0.288. The van der Waals surface area contributed by atoms with E-state index in [2.05, 4.69) is 0 Å². The van der Waals surface area contributed by atoms with E-state index in [0.717, 1.165) is 5.56 Å². The summed E-state index contributed by atoms with van der Waals surface area (Å²) in [6.45, 7) is 3.85. The molecule has 2 rings (SSSR count). The van der Waals surface area contributed by atoms with Crippen LogP contribution in [0, 0.1) is 5.92 Å². The van der Waals surface area contributed by atoms with Crippen molar-refractivity contribution in [2.24, 2.45) is 11.7 Å². The third-order valence-electron chi connectivity index (χ3n) is 2.79. The lowest BCUT2D eigenvalue weighted by Crippen LogP contribution is -2.17. The molecule has 0 saturated heterocycles. The van der Waals surface area contributed by atoms with Crippen LogP contribution in [0.15, 0.2) is 60.7 Å². The van der Waals surface area contributed by atoms with Gasteiger partial charge in [-0.25, -0.2) is 4.79 Å². The summed E-state index contributed by atoms with van der Waals surface area (Å²) in [4.78, 5) is 21.5. The van der Waals surface area contributed by atoms with Gasteiger partial charge in [-0.1, -0.05) is 62.4 Å². The molecule has 22 heavy (non-hydrogen) atoms. The Bertz CT molecular complexity index is 580. The predicted molar refractivity (Wildman–Crippen MR) is 86.0 cm³/mol. The predicted octanol–water partition coefficient (Wildman–Crippen LogP) is 3.17. The van der Waals surface area contributed by atoms with Crippen molar-refractivity contribution in [2.75, 3.05) is 0 Å². The van der Waals surface area contributed by atoms with Crippen LogP contribution in [0.2, 0.25) is 0 Å². The summed E-state index contributed by atoms with van der Waals surface area (Å²) in [6.07, 6.45) is 0. The third-order valence-corrected chi connectivity index (χ3v) is 2.79. The molecule has 0 aliphatic carbocycles. The molecule has 2 aromatic rings. The fourth-order valence-corrected chi connectivity index (χ4v) is 1.38. The first kappa shape index (κ1) is 17.4. The number of rotatable bonds is 4. The van der Waals surface area contributed by atoms with E-state index in [1.54, 1.807) is 26.0 Å². The Balaban J connectivity index is 0.000000346. The molecule has 4 heteroatoms. The summed E-state index contributed by atoms with van der Waals surface area (Å²) < 4.78 is 5.18. The molecule has 1 amide bonds. The van der Waals surface area contributed by atoms with Crippen molar-refractivity contribution in [3.8, 4) is 0 Å². The first-order valence-corrected chi connectivity index (χ1v) is 7.06. The maximum absolute atomic E-state index is 11.6. The summed E-state index contributed by atoms with van der Waals surface area (Å²) in [6, 6.07) is 18.6. The minimum absolute atomic E-state index is 0.00926. The molecule has 0 aliphatic rings. The number of primary amides is 1. The molecule has 0 fully saturated rings. The van der Waals surface area contributed by atoms with E-state index in [0.29, 0.717) is 12.2 Å². The number of amides is 1. The van der Waals surface area contributed by atoms with Gasteiger partial charge in [0, 0.05) is 5.92 Å². The molecular weight excluding hydrogens is 278 g/mol. The van der Waals surface area contributed by atoms with Crippen LogP contribution in [0.3, 0.4) is 0 Å². The molecule has 0 unspecified atom stereocenters. The van der Waals surface area contributed by atoms with Crippen LogP contribution in [-0.2, 0) is 16.1 Å². The van der Waals surface area contributed by atoms with E-state index in [9.17, 15) is 9.59 Å². The van der Waals surface area contributed by atoms with Gasteiger partial charge in [-0.05, 0) is 17.7 Å². The Kier molecular flexibility index (Phi) is 7.40. The normalized spacial score (nSPS) is 9.59. The molecule has 0 bridgehead atoms. The maximum Gasteiger partial charge on any atom is 0.338 e. The standard InChI is InChI=1S/C14H12O2.C4H9NO/c15-14(13-9-5-2-6-10-13)16-11-12-7-3-1-4-8-12;1-3(2)4(5)6/h1-10H,11H2;3H,1-2H3,(H2,5,6). The highest BCUT2D eigenvalue weighted by Gasteiger charge is 2.05. The van der Waals surface area contributed by atoms with Crippen molar-refractivity contribution in [1.29, 1.82) is 0 Å². The first-order valence-electron chi connectivity index (χ1n) is 7.06. The van der Waals surface area contributed by atoms with Crippen LogP contribution >= 0.6 is 0 Å². The van der Waals surface area contributed by atoms with E-state index in [4.69, 9.17) is 10.5 Å². The van der Waals surface area contributed by atoms with Gasteiger partial charge < -0.3 is 10.5 Å². The smallest absolute Gasteiger partial charge is 0.338 e. The molecule has 0 saturated carbocycles. The quantitative estimate of drug-likeness (QED) is 0.882. The van der Waals surface area contributed by atoms with Gasteiger partial charge in [-0.15, -0.1) is 0 Å². The van der Waals surface area contributed by atoms with Gasteiger partial charge in [0.05, 0.1) is 5.56 Å². The zero-order valence-corrected chi connectivity index (χ0v) is 12.9. The topological polar surface area (TPSA) is 69.4 Å². The molecular formula is C18H21NO3. The number of hydrogen-bond donors (Lipinski definition) is 1. The maximum atomic E-state index is 11.6. The van der Waals surface area contributed by atoms with Crippen LogP contribution in [0.1, 0.15) is 29.8 Å². The molecule has 0 atom stereocenters. The second kappa shape index (κ2) is 9.34. The number of carbonyl (C=O) groups is 2. The van der Waals surface area contributed by atoms with Gasteiger partial charge >= 0.3 is 5.97 Å². The van der Waals surface area contributed by atoms with Crippen molar-refractivity contribution in [1.82, 2.24) is 0 Å². The molecule has 0 heterocycles. The second-order valence-corrected chi connectivity index (χ2v) is 4.98. The SMILES string of the molecule is CC(C)C(N)=O.O=C(OCc1ccccc1)c1ccccc1. The average Bonchev–Trinajstić information content (AvgIpc) is 2.55. The highest BCUT2D eigenvalue weighted by molar-refractivity contribution is 5.89. The van der Waals surface area contributed by atoms with Crippen LogP contribution in [-0.4, -0.2) is 11.9 Å². The van der Waals surface area contributed by atoms with Crippen molar-refractivity contribution < 1.29 is 14.3 Å². The summed E-state index contributed by atoms with van der Waals surface area (Å²) in [5.74, 6) is -0.538. The van der Waals surface area contributed by atoms with E-state index in [1.165, 1.54) is 0 Å². The van der Waals surface area contributed by atoms with E-state index < -0.39 is 0 Å². The number of benzene rings is 2. The fraction of sp³-hybridized carbons (Fsp3) is 0.222. The Hall–Kier alpha value is -2.62. The summed E-state index contributed by atoms with van der Waals surface area (Å²) in [7, 11) is 0. The van der Waals surface area contributed by atoms with E-state index in [-0.39, 0.29) is 17.8 Å². The Morgan fingerprint density at radius 2 is 1.41 bits per heavy atom. The number of nitrogens with two attached hydrogens (primary N) is 1. The Morgan fingerprint density at radius 3 is 1.86 bits per heavy atom. The summed E-state index contributed by atoms with van der Waals surface area (Å²) in [5, 5.41) is 0. The summed E-state index contributed by atoms with van der Waals surface area (Å²) >= 11 is 0. The van der Waals surface area contributed by atoms with Crippen molar-refractivity contribution in [2.45, 2.75) is 20.5 Å². The van der Waals surface area contributed by atoms with Gasteiger partial charge in [-0.2, -0.15) is 0 Å². The van der Waals surface area contributed by atoms with Crippen molar-refractivity contribution >= 4 is 11.9 Å². The largest absolute Gasteiger partial charge is 0.457 e. The molecule has 0 radical (unpaired) electrons. The fourth-order valence-electron chi connectivity index (χ4n) is 1.38.